The molecule has 2 aromatic carbocycles. The standard InChI is InChI=1S/C16H9ClF6O5/c1-7-4-9(28-16(21,22)23)6-12(13(7)14(24)25)26-11-3-2-8(5-10(11)17)27-15(18,19)20/h2-6H,1H3,(H,24,25). The molecule has 2 rings (SSSR count). The number of hydrogen-bond acceptors (Lipinski definition) is 4. The highest BCUT2D eigenvalue weighted by Crippen LogP contribution is 2.38. The van der Waals surface area contributed by atoms with Gasteiger partial charge in [0.1, 0.15) is 28.6 Å². The van der Waals surface area contributed by atoms with Gasteiger partial charge in [0.05, 0.1) is 5.02 Å². The molecule has 0 bridgehead atoms. The zero-order valence-corrected chi connectivity index (χ0v) is 14.4. The van der Waals surface area contributed by atoms with Crippen LogP contribution in [-0.2, 0) is 0 Å². The zero-order chi connectivity index (χ0) is 21.3. The van der Waals surface area contributed by atoms with Crippen molar-refractivity contribution in [1.82, 2.24) is 0 Å². The van der Waals surface area contributed by atoms with E-state index < -0.39 is 46.5 Å². The van der Waals surface area contributed by atoms with Crippen LogP contribution in [0.25, 0.3) is 0 Å². The van der Waals surface area contributed by atoms with E-state index >= 15 is 0 Å². The molecule has 0 spiro atoms. The van der Waals surface area contributed by atoms with Crippen LogP contribution in [0, 0.1) is 6.92 Å². The SMILES string of the molecule is Cc1cc(OC(F)(F)F)cc(Oc2ccc(OC(F)(F)F)cc2Cl)c1C(=O)O. The summed E-state index contributed by atoms with van der Waals surface area (Å²) in [6.07, 6.45) is -10.0. The second kappa shape index (κ2) is 7.66. The summed E-state index contributed by atoms with van der Waals surface area (Å²) in [6, 6.07) is 4.01. The summed E-state index contributed by atoms with van der Waals surface area (Å²) in [7, 11) is 0. The normalized spacial score (nSPS) is 11.9. The van der Waals surface area contributed by atoms with Crippen LogP contribution in [0.2, 0.25) is 5.02 Å². The Bertz CT molecular complexity index is 894. The maximum absolute atomic E-state index is 12.4. The highest BCUT2D eigenvalue weighted by atomic mass is 35.5. The number of halogens is 7. The van der Waals surface area contributed by atoms with Crippen molar-refractivity contribution in [3.63, 3.8) is 0 Å². The topological polar surface area (TPSA) is 65.0 Å². The van der Waals surface area contributed by atoms with Crippen LogP contribution in [0.15, 0.2) is 30.3 Å². The minimum atomic E-state index is -5.04. The van der Waals surface area contributed by atoms with E-state index in [1.807, 2.05) is 0 Å². The highest BCUT2D eigenvalue weighted by Gasteiger charge is 2.33. The van der Waals surface area contributed by atoms with Crippen LogP contribution in [-0.4, -0.2) is 23.8 Å². The molecule has 0 heterocycles. The largest absolute Gasteiger partial charge is 0.573 e. The Morgan fingerprint density at radius 2 is 1.50 bits per heavy atom. The first-order chi connectivity index (χ1) is 12.7. The van der Waals surface area contributed by atoms with Crippen LogP contribution in [0.3, 0.4) is 0 Å². The summed E-state index contributed by atoms with van der Waals surface area (Å²) in [5.74, 6) is -3.81. The zero-order valence-electron chi connectivity index (χ0n) is 13.6. The first-order valence-electron chi connectivity index (χ1n) is 7.12. The van der Waals surface area contributed by atoms with Gasteiger partial charge in [0.2, 0.25) is 0 Å². The van der Waals surface area contributed by atoms with Gasteiger partial charge in [-0.05, 0) is 30.7 Å². The number of carboxylic acids is 1. The molecule has 12 heteroatoms. The molecule has 0 fully saturated rings. The molecule has 0 aliphatic carbocycles. The van der Waals surface area contributed by atoms with Crippen molar-refractivity contribution in [3.8, 4) is 23.0 Å². The minimum Gasteiger partial charge on any atom is -0.478 e. The fourth-order valence-corrected chi connectivity index (χ4v) is 2.36. The maximum atomic E-state index is 12.4. The summed E-state index contributed by atoms with van der Waals surface area (Å²) >= 11 is 5.80. The van der Waals surface area contributed by atoms with Crippen molar-refractivity contribution in [1.29, 1.82) is 0 Å². The molecule has 2 aromatic rings. The lowest BCUT2D eigenvalue weighted by molar-refractivity contribution is -0.275. The monoisotopic (exact) mass is 430 g/mol. The molecular weight excluding hydrogens is 422 g/mol. The third kappa shape index (κ3) is 5.84. The number of aryl methyl sites for hydroxylation is 1. The Kier molecular flexibility index (Phi) is 5.88. The second-order valence-corrected chi connectivity index (χ2v) is 5.62. The molecule has 0 aliphatic rings. The van der Waals surface area contributed by atoms with Gasteiger partial charge in [-0.3, -0.25) is 0 Å². The molecule has 0 aromatic heterocycles. The molecular formula is C16H9ClF6O5. The molecule has 0 saturated heterocycles. The van der Waals surface area contributed by atoms with Gasteiger partial charge in [0, 0.05) is 12.1 Å². The molecule has 0 radical (unpaired) electrons. The fraction of sp³-hybridized carbons (Fsp3) is 0.188. The van der Waals surface area contributed by atoms with E-state index in [1.165, 1.54) is 6.92 Å². The smallest absolute Gasteiger partial charge is 0.478 e. The van der Waals surface area contributed by atoms with E-state index in [1.54, 1.807) is 0 Å². The van der Waals surface area contributed by atoms with Gasteiger partial charge in [-0.25, -0.2) is 4.79 Å². The first kappa shape index (κ1) is 21.5. The van der Waals surface area contributed by atoms with Crippen molar-refractivity contribution < 1.29 is 50.5 Å². The molecule has 5 nitrogen and oxygen atoms in total. The van der Waals surface area contributed by atoms with Crippen molar-refractivity contribution >= 4 is 17.6 Å². The average Bonchev–Trinajstić information content (AvgIpc) is 2.45. The van der Waals surface area contributed by atoms with E-state index in [-0.39, 0.29) is 11.3 Å². The first-order valence-corrected chi connectivity index (χ1v) is 7.50. The summed E-state index contributed by atoms with van der Waals surface area (Å²) in [5.41, 5.74) is -0.599. The maximum Gasteiger partial charge on any atom is 0.573 e. The Morgan fingerprint density at radius 1 is 0.929 bits per heavy atom. The summed E-state index contributed by atoms with van der Waals surface area (Å²) in [5, 5.41) is 8.86. The van der Waals surface area contributed by atoms with Gasteiger partial charge in [0.25, 0.3) is 0 Å². The quantitative estimate of drug-likeness (QED) is 0.595. The predicted molar refractivity (Wildman–Crippen MR) is 83.0 cm³/mol. The van der Waals surface area contributed by atoms with Crippen LogP contribution >= 0.6 is 11.6 Å². The third-order valence-corrected chi connectivity index (χ3v) is 3.37. The Hall–Kier alpha value is -2.82. The number of ether oxygens (including phenoxy) is 3. The van der Waals surface area contributed by atoms with Gasteiger partial charge >= 0.3 is 18.7 Å². The van der Waals surface area contributed by atoms with Crippen LogP contribution < -0.4 is 14.2 Å². The number of rotatable bonds is 5. The Morgan fingerprint density at radius 3 is 2.00 bits per heavy atom. The number of carboxylic acid groups (broad SMARTS) is 1. The molecule has 0 amide bonds. The molecule has 0 atom stereocenters. The predicted octanol–water partition coefficient (Wildman–Crippen LogP) is 5.94. The molecule has 152 valence electrons. The van der Waals surface area contributed by atoms with E-state index in [4.69, 9.17) is 16.3 Å². The lowest BCUT2D eigenvalue weighted by atomic mass is 10.1. The number of aromatic carboxylic acids is 1. The lowest BCUT2D eigenvalue weighted by Crippen LogP contribution is -2.17. The second-order valence-electron chi connectivity index (χ2n) is 5.21. The van der Waals surface area contributed by atoms with E-state index in [2.05, 4.69) is 9.47 Å². The molecule has 0 saturated carbocycles. The van der Waals surface area contributed by atoms with Crippen LogP contribution in [0.5, 0.6) is 23.0 Å². The Labute approximate surface area is 158 Å². The van der Waals surface area contributed by atoms with Crippen LogP contribution in [0.1, 0.15) is 15.9 Å². The number of hydrogen-bond donors (Lipinski definition) is 1. The fourth-order valence-electron chi connectivity index (χ4n) is 2.15. The van der Waals surface area contributed by atoms with Crippen molar-refractivity contribution in [2.24, 2.45) is 0 Å². The van der Waals surface area contributed by atoms with Gasteiger partial charge in [-0.1, -0.05) is 11.6 Å². The molecule has 28 heavy (non-hydrogen) atoms. The van der Waals surface area contributed by atoms with E-state index in [0.29, 0.717) is 6.07 Å². The highest BCUT2D eigenvalue weighted by molar-refractivity contribution is 6.32. The summed E-state index contributed by atoms with van der Waals surface area (Å²) in [6.45, 7) is 1.21. The number of benzene rings is 2. The Balaban J connectivity index is 2.42. The molecule has 1 N–H and O–H groups in total. The number of carbonyl (C=O) groups is 1. The summed E-state index contributed by atoms with van der Waals surface area (Å²) in [4.78, 5) is 11.4. The number of alkyl halides is 6. The van der Waals surface area contributed by atoms with Gasteiger partial charge in [-0.15, -0.1) is 26.3 Å². The van der Waals surface area contributed by atoms with Crippen molar-refractivity contribution in [3.05, 3.63) is 46.5 Å². The minimum absolute atomic E-state index is 0.114. The van der Waals surface area contributed by atoms with E-state index in [0.717, 1.165) is 24.3 Å². The van der Waals surface area contributed by atoms with Gasteiger partial charge < -0.3 is 19.3 Å². The van der Waals surface area contributed by atoms with Crippen molar-refractivity contribution in [2.45, 2.75) is 19.6 Å². The molecule has 0 aliphatic heterocycles. The van der Waals surface area contributed by atoms with Crippen molar-refractivity contribution in [2.75, 3.05) is 0 Å². The molecule has 0 unspecified atom stereocenters. The van der Waals surface area contributed by atoms with Gasteiger partial charge in [-0.2, -0.15) is 0 Å². The lowest BCUT2D eigenvalue weighted by Gasteiger charge is -2.16. The van der Waals surface area contributed by atoms with E-state index in [9.17, 15) is 36.2 Å². The van der Waals surface area contributed by atoms with Crippen LogP contribution in [0.4, 0.5) is 26.3 Å². The third-order valence-electron chi connectivity index (χ3n) is 3.08. The summed E-state index contributed by atoms with van der Waals surface area (Å²) < 4.78 is 86.6. The average molecular weight is 431 g/mol. The van der Waals surface area contributed by atoms with Gasteiger partial charge in [0.15, 0.2) is 0 Å².